The molecular formula is C25H22F2N6OS. The zero-order chi connectivity index (χ0) is 24.6. The molecule has 3 aromatic carbocycles. The second-order valence-corrected chi connectivity index (χ2v) is 8.46. The van der Waals surface area contributed by atoms with E-state index in [-0.39, 0.29) is 35.3 Å². The van der Waals surface area contributed by atoms with Crippen molar-refractivity contribution >= 4 is 40.9 Å². The van der Waals surface area contributed by atoms with Crippen LogP contribution in [0, 0.1) is 11.6 Å². The molecule has 1 aromatic heterocycles. The molecular weight excluding hydrogens is 470 g/mol. The van der Waals surface area contributed by atoms with Crippen LogP contribution in [0.5, 0.6) is 0 Å². The Morgan fingerprint density at radius 2 is 1.43 bits per heavy atom. The first-order valence-corrected chi connectivity index (χ1v) is 11.7. The number of amides is 1. The number of rotatable bonds is 9. The van der Waals surface area contributed by atoms with Crippen LogP contribution in [0.15, 0.2) is 84.0 Å². The number of hydrogen-bond acceptors (Lipinski definition) is 7. The van der Waals surface area contributed by atoms with Gasteiger partial charge in [0.25, 0.3) is 0 Å². The summed E-state index contributed by atoms with van der Waals surface area (Å²) in [6, 6.07) is 21.0. The van der Waals surface area contributed by atoms with Crippen LogP contribution >= 0.6 is 11.8 Å². The lowest BCUT2D eigenvalue weighted by atomic mass is 10.1. The van der Waals surface area contributed by atoms with Gasteiger partial charge in [0.15, 0.2) is 5.16 Å². The van der Waals surface area contributed by atoms with Crippen molar-refractivity contribution in [3.8, 4) is 0 Å². The monoisotopic (exact) mass is 492 g/mol. The first-order valence-electron chi connectivity index (χ1n) is 10.7. The lowest BCUT2D eigenvalue weighted by Gasteiger charge is -2.15. The highest BCUT2D eigenvalue weighted by Crippen LogP contribution is 2.23. The average molecular weight is 493 g/mol. The van der Waals surface area contributed by atoms with Gasteiger partial charge in [0, 0.05) is 11.4 Å². The van der Waals surface area contributed by atoms with E-state index in [0.29, 0.717) is 22.5 Å². The summed E-state index contributed by atoms with van der Waals surface area (Å²) in [5.74, 6) is -0.423. The summed E-state index contributed by atoms with van der Waals surface area (Å²) in [6.45, 7) is 1.98. The maximum Gasteiger partial charge on any atom is 0.234 e. The highest BCUT2D eigenvalue weighted by Gasteiger charge is 2.13. The minimum absolute atomic E-state index is 0.0328. The number of hydrogen-bond donors (Lipinski definition) is 3. The van der Waals surface area contributed by atoms with Crippen LogP contribution in [-0.4, -0.2) is 26.6 Å². The van der Waals surface area contributed by atoms with Gasteiger partial charge in [-0.05, 0) is 61.0 Å². The van der Waals surface area contributed by atoms with Gasteiger partial charge in [0.05, 0.1) is 11.8 Å². The quantitative estimate of drug-likeness (QED) is 0.255. The smallest absolute Gasteiger partial charge is 0.234 e. The van der Waals surface area contributed by atoms with Gasteiger partial charge < -0.3 is 16.0 Å². The summed E-state index contributed by atoms with van der Waals surface area (Å²) in [5.41, 5.74) is 2.14. The molecule has 0 fully saturated rings. The molecule has 1 amide bonds. The highest BCUT2D eigenvalue weighted by molar-refractivity contribution is 7.99. The first-order chi connectivity index (χ1) is 16.9. The summed E-state index contributed by atoms with van der Waals surface area (Å²) in [7, 11) is 0. The zero-order valence-corrected chi connectivity index (χ0v) is 19.5. The van der Waals surface area contributed by atoms with E-state index in [9.17, 15) is 13.6 Å². The molecule has 7 nitrogen and oxygen atoms in total. The van der Waals surface area contributed by atoms with Crippen molar-refractivity contribution in [3.05, 3.63) is 96.1 Å². The van der Waals surface area contributed by atoms with Gasteiger partial charge in [0.1, 0.15) is 11.6 Å². The molecule has 1 heterocycles. The van der Waals surface area contributed by atoms with Gasteiger partial charge in [-0.25, -0.2) is 8.78 Å². The lowest BCUT2D eigenvalue weighted by Crippen LogP contribution is -2.15. The van der Waals surface area contributed by atoms with E-state index < -0.39 is 0 Å². The summed E-state index contributed by atoms with van der Waals surface area (Å²) in [4.78, 5) is 25.6. The Morgan fingerprint density at radius 1 is 0.829 bits per heavy atom. The van der Waals surface area contributed by atoms with E-state index in [1.165, 1.54) is 36.4 Å². The van der Waals surface area contributed by atoms with E-state index in [2.05, 4.69) is 30.9 Å². The minimum Gasteiger partial charge on any atom is -0.348 e. The summed E-state index contributed by atoms with van der Waals surface area (Å²) < 4.78 is 26.3. The SMILES string of the molecule is C[C@H](Nc1nc(Nc2ccc(F)cc2)nc(SCC(=O)Nc2ccc(F)cc2)n1)c1ccccc1. The van der Waals surface area contributed by atoms with Gasteiger partial charge in [-0.1, -0.05) is 42.1 Å². The second kappa shape index (κ2) is 11.4. The standard InChI is InChI=1S/C25H22F2N6OS/c1-16(17-5-3-2-4-6-17)28-23-31-24(30-21-13-9-19(27)10-14-21)33-25(32-23)35-15-22(34)29-20-11-7-18(26)8-12-20/h2-14,16H,15H2,1H3,(H,29,34)(H2,28,30,31,32,33)/t16-/m0/s1. The van der Waals surface area contributed by atoms with Crippen LogP contribution in [0.2, 0.25) is 0 Å². The molecule has 4 aromatic rings. The molecule has 178 valence electrons. The minimum atomic E-state index is -0.381. The third-order valence-electron chi connectivity index (χ3n) is 4.82. The number of nitrogens with zero attached hydrogens (tertiary/aromatic N) is 3. The van der Waals surface area contributed by atoms with Crippen LogP contribution < -0.4 is 16.0 Å². The molecule has 4 rings (SSSR count). The number of thioether (sulfide) groups is 1. The summed E-state index contributed by atoms with van der Waals surface area (Å²) in [6.07, 6.45) is 0. The maximum atomic E-state index is 13.3. The van der Waals surface area contributed by atoms with Gasteiger partial charge in [-0.3, -0.25) is 4.79 Å². The Kier molecular flexibility index (Phi) is 7.84. The molecule has 35 heavy (non-hydrogen) atoms. The largest absolute Gasteiger partial charge is 0.348 e. The molecule has 0 saturated heterocycles. The topological polar surface area (TPSA) is 91.8 Å². The average Bonchev–Trinajstić information content (AvgIpc) is 2.86. The van der Waals surface area contributed by atoms with Gasteiger partial charge in [0.2, 0.25) is 17.8 Å². The number of carbonyl (C=O) groups is 1. The molecule has 0 aliphatic carbocycles. The van der Waals surface area contributed by atoms with Crippen molar-refractivity contribution in [2.45, 2.75) is 18.1 Å². The van der Waals surface area contributed by atoms with E-state index in [1.54, 1.807) is 12.1 Å². The zero-order valence-electron chi connectivity index (χ0n) is 18.7. The molecule has 0 aliphatic rings. The predicted octanol–water partition coefficient (Wildman–Crippen LogP) is 5.80. The van der Waals surface area contributed by atoms with Crippen LogP contribution in [0.3, 0.4) is 0 Å². The van der Waals surface area contributed by atoms with Crippen LogP contribution in [0.1, 0.15) is 18.5 Å². The molecule has 1 atom stereocenters. The molecule has 3 N–H and O–H groups in total. The Hall–Kier alpha value is -4.05. The van der Waals surface area contributed by atoms with Crippen molar-refractivity contribution in [2.75, 3.05) is 21.7 Å². The molecule has 10 heteroatoms. The van der Waals surface area contributed by atoms with E-state index in [1.807, 2.05) is 37.3 Å². The number of nitrogens with one attached hydrogen (secondary N) is 3. The Bertz CT molecular complexity index is 1270. The molecule has 0 saturated carbocycles. The first kappa shape index (κ1) is 24.1. The number of aromatic nitrogens is 3. The highest BCUT2D eigenvalue weighted by atomic mass is 32.2. The summed E-state index contributed by atoms with van der Waals surface area (Å²) >= 11 is 1.13. The Balaban J connectivity index is 1.49. The number of anilines is 4. The fourth-order valence-electron chi connectivity index (χ4n) is 3.08. The Labute approximate surface area is 205 Å². The van der Waals surface area contributed by atoms with Crippen LogP contribution in [0.4, 0.5) is 32.1 Å². The third kappa shape index (κ3) is 7.21. The van der Waals surface area contributed by atoms with Crippen molar-refractivity contribution in [3.63, 3.8) is 0 Å². The molecule has 0 spiro atoms. The van der Waals surface area contributed by atoms with Crippen molar-refractivity contribution in [1.29, 1.82) is 0 Å². The number of benzene rings is 3. The predicted molar refractivity (Wildman–Crippen MR) is 134 cm³/mol. The van der Waals surface area contributed by atoms with E-state index >= 15 is 0 Å². The van der Waals surface area contributed by atoms with Gasteiger partial charge >= 0.3 is 0 Å². The molecule has 0 aliphatic heterocycles. The number of carbonyl (C=O) groups excluding carboxylic acids is 1. The second-order valence-electron chi connectivity index (χ2n) is 7.52. The normalized spacial score (nSPS) is 11.5. The maximum absolute atomic E-state index is 13.3. The lowest BCUT2D eigenvalue weighted by molar-refractivity contribution is -0.113. The molecule has 0 bridgehead atoms. The van der Waals surface area contributed by atoms with Crippen molar-refractivity contribution in [2.24, 2.45) is 0 Å². The third-order valence-corrected chi connectivity index (χ3v) is 5.67. The number of halogens is 2. The van der Waals surface area contributed by atoms with Crippen LogP contribution in [-0.2, 0) is 4.79 Å². The summed E-state index contributed by atoms with van der Waals surface area (Å²) in [5, 5.41) is 9.32. The van der Waals surface area contributed by atoms with E-state index in [4.69, 9.17) is 0 Å². The van der Waals surface area contributed by atoms with E-state index in [0.717, 1.165) is 17.3 Å². The van der Waals surface area contributed by atoms with Crippen molar-refractivity contribution in [1.82, 2.24) is 15.0 Å². The molecule has 0 radical (unpaired) electrons. The van der Waals surface area contributed by atoms with Crippen LogP contribution in [0.25, 0.3) is 0 Å². The fraction of sp³-hybridized carbons (Fsp3) is 0.120. The fourth-order valence-corrected chi connectivity index (χ4v) is 3.72. The van der Waals surface area contributed by atoms with Gasteiger partial charge in [-0.2, -0.15) is 15.0 Å². The molecule has 0 unspecified atom stereocenters. The van der Waals surface area contributed by atoms with Crippen molar-refractivity contribution < 1.29 is 13.6 Å². The van der Waals surface area contributed by atoms with Gasteiger partial charge in [-0.15, -0.1) is 0 Å². The Morgan fingerprint density at radius 3 is 2.09 bits per heavy atom.